The second-order valence-electron chi connectivity index (χ2n) is 15.5. The second kappa shape index (κ2) is 21.3. The first-order chi connectivity index (χ1) is 29.8. The van der Waals surface area contributed by atoms with Crippen molar-refractivity contribution in [3.63, 3.8) is 0 Å². The van der Waals surface area contributed by atoms with Crippen molar-refractivity contribution in [3.8, 4) is 11.1 Å². The molecule has 2 unspecified atom stereocenters. The fourth-order valence-corrected chi connectivity index (χ4v) is 9.47. The summed E-state index contributed by atoms with van der Waals surface area (Å²) in [5, 5.41) is 3.49. The van der Waals surface area contributed by atoms with Gasteiger partial charge < -0.3 is 34.0 Å². The van der Waals surface area contributed by atoms with Crippen LogP contribution in [0, 0.1) is 5.92 Å². The van der Waals surface area contributed by atoms with Crippen molar-refractivity contribution in [1.82, 2.24) is 4.98 Å². The lowest BCUT2D eigenvalue weighted by Crippen LogP contribution is -2.54. The number of methoxy groups -OCH3 is 1. The van der Waals surface area contributed by atoms with Crippen molar-refractivity contribution >= 4 is 44.3 Å². The molecule has 0 saturated carbocycles. The highest BCUT2D eigenvalue weighted by molar-refractivity contribution is 7.56. The zero-order chi connectivity index (χ0) is 44.4. The summed E-state index contributed by atoms with van der Waals surface area (Å²) in [4.78, 5) is 24.1. The van der Waals surface area contributed by atoms with E-state index in [4.69, 9.17) is 35.1 Å². The molecule has 0 saturated heterocycles. The molecular weight excluding hydrogens is 828 g/mol. The summed E-state index contributed by atoms with van der Waals surface area (Å²) in [6, 6.07) is 39.4. The zero-order valence-electron chi connectivity index (χ0n) is 35.7. The third-order valence-electron chi connectivity index (χ3n) is 10.7. The van der Waals surface area contributed by atoms with Crippen LogP contribution in [-0.4, -0.2) is 41.9 Å². The topological polar surface area (TPSA) is 146 Å². The van der Waals surface area contributed by atoms with Crippen LogP contribution in [0.3, 0.4) is 0 Å². The summed E-state index contributed by atoms with van der Waals surface area (Å²) in [6.45, 7) is 9.32. The van der Waals surface area contributed by atoms with E-state index in [0.29, 0.717) is 48.9 Å². The molecule has 328 valence electrons. The summed E-state index contributed by atoms with van der Waals surface area (Å²) in [5.74, 6) is 7.59. The van der Waals surface area contributed by atoms with Crippen LogP contribution < -0.4 is 21.9 Å². The first-order valence-electron chi connectivity index (χ1n) is 20.6. The summed E-state index contributed by atoms with van der Waals surface area (Å²) < 4.78 is 53.1. The van der Waals surface area contributed by atoms with Gasteiger partial charge in [-0.15, -0.1) is 0 Å². The summed E-state index contributed by atoms with van der Waals surface area (Å²) in [7, 11) is -3.37. The lowest BCUT2D eigenvalue weighted by atomic mass is 9.77. The van der Waals surface area contributed by atoms with Crippen molar-refractivity contribution in [2.24, 2.45) is 11.8 Å². The van der Waals surface area contributed by atoms with Crippen LogP contribution >= 0.6 is 16.8 Å². The number of benzene rings is 5. The van der Waals surface area contributed by atoms with E-state index in [0.717, 1.165) is 50.6 Å². The van der Waals surface area contributed by atoms with E-state index in [9.17, 15) is 18.6 Å². The minimum absolute atomic E-state index is 0.159. The fraction of sp³-hybridized carbons (Fsp3) is 0.312. The van der Waals surface area contributed by atoms with Crippen molar-refractivity contribution in [2.75, 3.05) is 37.9 Å². The van der Waals surface area contributed by atoms with Gasteiger partial charge in [-0.25, -0.2) is 10.8 Å². The molecule has 6 aromatic rings. The minimum atomic E-state index is -3.78. The minimum Gasteiger partial charge on any atom is -0.397 e. The number of nitrogen functional groups attached to an aromatic ring is 1. The average molecular weight is 885 g/mol. The number of anilines is 2. The molecule has 1 heterocycles. The Morgan fingerprint density at radius 2 is 1.37 bits per heavy atom. The predicted molar refractivity (Wildman–Crippen MR) is 247 cm³/mol. The van der Waals surface area contributed by atoms with Gasteiger partial charge in [0.25, 0.3) is 0 Å². The van der Waals surface area contributed by atoms with Gasteiger partial charge in [0, 0.05) is 30.9 Å². The molecule has 0 radical (unpaired) electrons. The third-order valence-corrected chi connectivity index (χ3v) is 13.2. The Kier molecular flexibility index (Phi) is 16.1. The Morgan fingerprint density at radius 1 is 0.758 bits per heavy atom. The largest absolute Gasteiger partial charge is 0.397 e. The van der Waals surface area contributed by atoms with Crippen molar-refractivity contribution < 1.29 is 37.1 Å². The van der Waals surface area contributed by atoms with E-state index in [1.54, 1.807) is 30.3 Å². The van der Waals surface area contributed by atoms with Gasteiger partial charge in [-0.2, -0.15) is 8.78 Å². The van der Waals surface area contributed by atoms with Crippen LogP contribution in [0.5, 0.6) is 0 Å². The molecule has 0 fully saturated rings. The normalized spacial score (nSPS) is 13.6. The third kappa shape index (κ3) is 10.8. The number of nitrogens with two attached hydrogens (primary N) is 2. The Balaban J connectivity index is 1.44. The van der Waals surface area contributed by atoms with Crippen LogP contribution in [-0.2, 0) is 42.6 Å². The van der Waals surface area contributed by atoms with E-state index in [1.807, 2.05) is 68.4 Å². The lowest BCUT2D eigenvalue weighted by Gasteiger charge is -2.44. The summed E-state index contributed by atoms with van der Waals surface area (Å²) >= 11 is 0. The molecule has 0 amide bonds. The molecule has 62 heavy (non-hydrogen) atoms. The maximum atomic E-state index is 14.6. The summed E-state index contributed by atoms with van der Waals surface area (Å²) in [5.41, 5.74) is 8.49. The van der Waals surface area contributed by atoms with Gasteiger partial charge in [0.05, 0.1) is 46.6 Å². The Bertz CT molecular complexity index is 2350. The van der Waals surface area contributed by atoms with E-state index < -0.39 is 33.5 Å². The monoisotopic (exact) mass is 884 g/mol. The van der Waals surface area contributed by atoms with Gasteiger partial charge in [-0.05, 0) is 84.3 Å². The number of nitrogens with zero attached hydrogens (tertiary/aromatic N) is 2. The highest BCUT2D eigenvalue weighted by Gasteiger charge is 2.42. The van der Waals surface area contributed by atoms with Crippen LogP contribution in [0.1, 0.15) is 68.2 Å². The molecule has 0 aliphatic rings. The van der Waals surface area contributed by atoms with Crippen LogP contribution in [0.15, 0.2) is 127 Å². The Morgan fingerprint density at radius 3 is 1.95 bits per heavy atom. The second-order valence-corrected chi connectivity index (χ2v) is 18.1. The Hall–Kier alpha value is -4.45. The molecule has 10 nitrogen and oxygen atoms in total. The summed E-state index contributed by atoms with van der Waals surface area (Å²) in [6.07, 6.45) is 1.22. The van der Waals surface area contributed by atoms with E-state index in [-0.39, 0.29) is 12.9 Å². The molecule has 2 atom stereocenters. The zero-order valence-corrected chi connectivity index (χ0v) is 37.5. The number of hydrazine groups is 1. The number of pyridine rings is 1. The van der Waals surface area contributed by atoms with Crippen molar-refractivity contribution in [3.05, 3.63) is 155 Å². The van der Waals surface area contributed by atoms with E-state index in [2.05, 4.69) is 56.3 Å². The molecule has 0 aliphatic heterocycles. The number of aromatic nitrogens is 1. The lowest BCUT2D eigenvalue weighted by molar-refractivity contribution is -0.0805. The van der Waals surface area contributed by atoms with Gasteiger partial charge in [0.1, 0.15) is 12.9 Å². The van der Waals surface area contributed by atoms with E-state index >= 15 is 0 Å². The van der Waals surface area contributed by atoms with Crippen LogP contribution in [0.4, 0.5) is 20.2 Å². The van der Waals surface area contributed by atoms with E-state index in [1.165, 1.54) is 12.1 Å². The molecule has 0 aliphatic carbocycles. The highest BCUT2D eigenvalue weighted by Crippen LogP contribution is 2.52. The SMILES string of the molecule is CCOP(OCC)c1cc(-c2ccc(CC(Cc3ccc(C(F)(F)P(O)O)cc3)(c3ccccc3)N(N)c3ccccc3N)cc2)cc2ccc(C(CC(C)C)OCOC)nc12. The number of hydrogen-bond donors (Lipinski definition) is 4. The average Bonchev–Trinajstić information content (AvgIpc) is 3.27. The fourth-order valence-electron chi connectivity index (χ4n) is 7.67. The smallest absolute Gasteiger partial charge is 0.339 e. The standard InChI is InChI=1S/C48H56F2N4O6P2/c1-6-59-61(60-7-2)45-29-38(28-37-23-26-42(53-46(37)45)44(27-33(3)4)58-32-57-5)36-21-17-34(18-22-36)30-47(39-13-9-8-10-14-39,54(52)43-16-12-11-15-41(43)51)31-35-19-24-40(25-20-35)48(49,50)62(55)56/h8-26,28-29,33,44,55-56H,6-7,27,30-32,51-52H2,1-5H3. The molecule has 0 spiro atoms. The predicted octanol–water partition coefficient (Wildman–Crippen LogP) is 10.6. The van der Waals surface area contributed by atoms with Gasteiger partial charge in [-0.1, -0.05) is 111 Å². The van der Waals surface area contributed by atoms with Gasteiger partial charge in [-0.3, -0.25) is 5.01 Å². The van der Waals surface area contributed by atoms with Crippen LogP contribution in [0.25, 0.3) is 22.0 Å². The molecule has 6 rings (SSSR count). The molecular formula is C48H56F2N4O6P2. The van der Waals surface area contributed by atoms with Crippen molar-refractivity contribution in [1.29, 1.82) is 0 Å². The molecule has 14 heteroatoms. The number of halogens is 2. The van der Waals surface area contributed by atoms with Crippen LogP contribution in [0.2, 0.25) is 0 Å². The number of para-hydroxylation sites is 2. The molecule has 1 aromatic heterocycles. The molecule has 6 N–H and O–H groups in total. The maximum Gasteiger partial charge on any atom is 0.339 e. The first-order valence-corrected chi connectivity index (χ1v) is 23.0. The maximum absolute atomic E-state index is 14.6. The van der Waals surface area contributed by atoms with Gasteiger partial charge in [0.15, 0.2) is 0 Å². The molecule has 5 aromatic carbocycles. The van der Waals surface area contributed by atoms with Gasteiger partial charge >= 0.3 is 5.66 Å². The molecule has 0 bridgehead atoms. The number of rotatable bonds is 21. The quantitative estimate of drug-likeness (QED) is 0.0181. The van der Waals surface area contributed by atoms with Gasteiger partial charge in [0.2, 0.25) is 16.8 Å². The number of alkyl halides is 2. The first kappa shape index (κ1) is 47.0. The Labute approximate surface area is 365 Å². The number of ether oxygens (including phenoxy) is 2. The number of hydrogen-bond acceptors (Lipinski definition) is 10. The number of fused-ring (bicyclic) bond motifs is 1. The highest BCUT2D eigenvalue weighted by atomic mass is 31.2. The van der Waals surface area contributed by atoms with Crippen molar-refractivity contribution in [2.45, 2.75) is 64.3 Å².